The highest BCUT2D eigenvalue weighted by molar-refractivity contribution is 6.03. The average molecular weight is 567 g/mol. The average Bonchev–Trinajstić information content (AvgIpc) is 2.92. The van der Waals surface area contributed by atoms with Gasteiger partial charge in [-0.05, 0) is 37.8 Å². The van der Waals surface area contributed by atoms with Crippen LogP contribution in [0.15, 0.2) is 24.3 Å². The van der Waals surface area contributed by atoms with Crippen LogP contribution in [0.1, 0.15) is 151 Å². The molecule has 0 aliphatic rings. The van der Waals surface area contributed by atoms with Gasteiger partial charge in [-0.25, -0.2) is 9.59 Å². The molecule has 0 amide bonds. The zero-order valence-electron chi connectivity index (χ0n) is 25.4. The number of hydrogen-bond donors (Lipinski definition) is 2. The van der Waals surface area contributed by atoms with Crippen LogP contribution in [0.2, 0.25) is 0 Å². The molecule has 0 spiro atoms. The minimum Gasteiger partial charge on any atom is -0.481 e. The Hall–Kier alpha value is -2.90. The molecular weight excluding hydrogens is 512 g/mol. The van der Waals surface area contributed by atoms with Gasteiger partial charge in [-0.2, -0.15) is 0 Å². The molecular formula is C32H54O8. The topological polar surface area (TPSA) is 127 Å². The van der Waals surface area contributed by atoms with Crippen molar-refractivity contribution in [3.63, 3.8) is 0 Å². The SMILES string of the molecule is CCCC(=O)O.CCCC(=O)O.CCCCCCCCOC(=O)c1ccccc1C(=O)OCCCCCCCC. The summed E-state index contributed by atoms with van der Waals surface area (Å²) in [6, 6.07) is 6.74. The van der Waals surface area contributed by atoms with E-state index in [-0.39, 0.29) is 0 Å². The number of carbonyl (C=O) groups is 4. The van der Waals surface area contributed by atoms with Crippen molar-refractivity contribution in [3.05, 3.63) is 35.4 Å². The van der Waals surface area contributed by atoms with Crippen LogP contribution >= 0.6 is 0 Å². The first-order valence-corrected chi connectivity index (χ1v) is 15.1. The summed E-state index contributed by atoms with van der Waals surface area (Å²) in [5.74, 6) is -2.31. The van der Waals surface area contributed by atoms with E-state index < -0.39 is 23.9 Å². The van der Waals surface area contributed by atoms with Crippen LogP contribution in [0.3, 0.4) is 0 Å². The summed E-state index contributed by atoms with van der Waals surface area (Å²) in [7, 11) is 0. The number of unbranched alkanes of at least 4 members (excludes halogenated alkanes) is 10. The third-order valence-electron chi connectivity index (χ3n) is 5.76. The zero-order valence-corrected chi connectivity index (χ0v) is 25.4. The van der Waals surface area contributed by atoms with Crippen molar-refractivity contribution in [2.24, 2.45) is 0 Å². The number of carboxylic acid groups (broad SMARTS) is 2. The summed E-state index contributed by atoms with van der Waals surface area (Å²) in [6.45, 7) is 8.86. The van der Waals surface area contributed by atoms with Gasteiger partial charge in [-0.3, -0.25) is 9.59 Å². The standard InChI is InChI=1S/C24H38O4.2C4H8O2/c1-3-5-7-9-11-15-19-27-23(25)21-17-13-14-18-22(21)24(26)28-20-16-12-10-8-6-4-2;2*1-2-3-4(5)6/h13-14,17-18H,3-12,15-16,19-20H2,1-2H3;2*2-3H2,1H3,(H,5,6). The first kappa shape index (κ1) is 39.2. The van der Waals surface area contributed by atoms with Crippen LogP contribution in [0.25, 0.3) is 0 Å². The molecule has 0 saturated heterocycles. The number of hydrogen-bond acceptors (Lipinski definition) is 6. The lowest BCUT2D eigenvalue weighted by Crippen LogP contribution is -2.15. The van der Waals surface area contributed by atoms with Gasteiger partial charge >= 0.3 is 23.9 Å². The molecule has 0 fully saturated rings. The fraction of sp³-hybridized carbons (Fsp3) is 0.688. The van der Waals surface area contributed by atoms with Crippen LogP contribution in [0.5, 0.6) is 0 Å². The molecule has 0 saturated carbocycles. The highest BCUT2D eigenvalue weighted by Gasteiger charge is 2.18. The van der Waals surface area contributed by atoms with Crippen molar-refractivity contribution >= 4 is 23.9 Å². The molecule has 0 radical (unpaired) electrons. The molecule has 8 heteroatoms. The maximum absolute atomic E-state index is 12.4. The highest BCUT2D eigenvalue weighted by atomic mass is 16.5. The quantitative estimate of drug-likeness (QED) is 0.119. The van der Waals surface area contributed by atoms with Crippen molar-refractivity contribution in [3.8, 4) is 0 Å². The molecule has 1 rings (SSSR count). The Morgan fingerprint density at radius 2 is 0.850 bits per heavy atom. The summed E-state index contributed by atoms with van der Waals surface area (Å²) in [4.78, 5) is 43.9. The molecule has 0 aliphatic heterocycles. The predicted octanol–water partition coefficient (Wildman–Crippen LogP) is 8.46. The smallest absolute Gasteiger partial charge is 0.339 e. The third-order valence-corrected chi connectivity index (χ3v) is 5.76. The summed E-state index contributed by atoms with van der Waals surface area (Å²) in [5.41, 5.74) is 0.586. The molecule has 0 aliphatic carbocycles. The third kappa shape index (κ3) is 25.4. The van der Waals surface area contributed by atoms with Crippen LogP contribution in [-0.4, -0.2) is 47.3 Å². The van der Waals surface area contributed by atoms with Gasteiger partial charge in [0.2, 0.25) is 0 Å². The minimum absolute atomic E-state index is 0.292. The second kappa shape index (κ2) is 29.1. The number of carboxylic acids is 2. The number of aliphatic carboxylic acids is 2. The Bertz CT molecular complexity index is 726. The maximum Gasteiger partial charge on any atom is 0.339 e. The molecule has 40 heavy (non-hydrogen) atoms. The van der Waals surface area contributed by atoms with E-state index in [1.165, 1.54) is 51.4 Å². The fourth-order valence-corrected chi connectivity index (χ4v) is 3.52. The largest absolute Gasteiger partial charge is 0.481 e. The van der Waals surface area contributed by atoms with Gasteiger partial charge in [-0.1, -0.05) is 104 Å². The minimum atomic E-state index is -0.711. The van der Waals surface area contributed by atoms with Gasteiger partial charge in [0.25, 0.3) is 0 Å². The van der Waals surface area contributed by atoms with Crippen LogP contribution in [0, 0.1) is 0 Å². The van der Waals surface area contributed by atoms with Crippen molar-refractivity contribution < 1.29 is 38.9 Å². The maximum atomic E-state index is 12.4. The summed E-state index contributed by atoms with van der Waals surface area (Å²) in [5, 5.41) is 15.8. The molecule has 8 nitrogen and oxygen atoms in total. The Labute approximate surface area is 241 Å². The van der Waals surface area contributed by atoms with E-state index in [1.807, 2.05) is 13.8 Å². The Balaban J connectivity index is 0. The lowest BCUT2D eigenvalue weighted by molar-refractivity contribution is -0.138. The molecule has 2 N–H and O–H groups in total. The van der Waals surface area contributed by atoms with E-state index in [9.17, 15) is 19.2 Å². The Morgan fingerprint density at radius 1 is 0.525 bits per heavy atom. The Morgan fingerprint density at radius 3 is 1.12 bits per heavy atom. The number of rotatable bonds is 20. The second-order valence-electron chi connectivity index (χ2n) is 9.64. The molecule has 1 aromatic carbocycles. The Kier molecular flexibility index (Phi) is 28.5. The lowest BCUT2D eigenvalue weighted by atomic mass is 10.1. The van der Waals surface area contributed by atoms with Crippen molar-refractivity contribution in [2.75, 3.05) is 13.2 Å². The van der Waals surface area contributed by atoms with Gasteiger partial charge in [0.05, 0.1) is 24.3 Å². The van der Waals surface area contributed by atoms with E-state index in [1.54, 1.807) is 24.3 Å². The normalized spacial score (nSPS) is 9.90. The summed E-state index contributed by atoms with van der Waals surface area (Å²) < 4.78 is 10.7. The van der Waals surface area contributed by atoms with Crippen molar-refractivity contribution in [1.82, 2.24) is 0 Å². The zero-order chi connectivity index (χ0) is 30.4. The highest BCUT2D eigenvalue weighted by Crippen LogP contribution is 2.14. The molecule has 0 unspecified atom stereocenters. The fourth-order valence-electron chi connectivity index (χ4n) is 3.52. The number of benzene rings is 1. The van der Waals surface area contributed by atoms with Gasteiger partial charge in [0, 0.05) is 12.8 Å². The van der Waals surface area contributed by atoms with Crippen LogP contribution in [-0.2, 0) is 19.1 Å². The van der Waals surface area contributed by atoms with E-state index in [0.717, 1.165) is 38.5 Å². The monoisotopic (exact) mass is 566 g/mol. The van der Waals surface area contributed by atoms with Gasteiger partial charge in [-0.15, -0.1) is 0 Å². The van der Waals surface area contributed by atoms with Crippen LogP contribution < -0.4 is 0 Å². The van der Waals surface area contributed by atoms with Crippen molar-refractivity contribution in [2.45, 2.75) is 130 Å². The number of carbonyl (C=O) groups excluding carboxylic acids is 2. The first-order valence-electron chi connectivity index (χ1n) is 15.1. The predicted molar refractivity (Wildman–Crippen MR) is 159 cm³/mol. The lowest BCUT2D eigenvalue weighted by Gasteiger charge is -2.10. The van der Waals surface area contributed by atoms with E-state index in [0.29, 0.717) is 37.2 Å². The van der Waals surface area contributed by atoms with E-state index >= 15 is 0 Å². The molecule has 1 aromatic rings. The van der Waals surface area contributed by atoms with E-state index in [4.69, 9.17) is 19.7 Å². The molecule has 0 atom stereocenters. The molecule has 0 bridgehead atoms. The second-order valence-corrected chi connectivity index (χ2v) is 9.64. The molecule has 0 heterocycles. The van der Waals surface area contributed by atoms with E-state index in [2.05, 4.69) is 13.8 Å². The summed E-state index contributed by atoms with van der Waals surface area (Å²) in [6.07, 6.45) is 15.7. The first-order chi connectivity index (χ1) is 19.2. The summed E-state index contributed by atoms with van der Waals surface area (Å²) >= 11 is 0. The number of ether oxygens (including phenoxy) is 2. The molecule has 230 valence electrons. The van der Waals surface area contributed by atoms with Gasteiger partial charge < -0.3 is 19.7 Å². The van der Waals surface area contributed by atoms with Crippen molar-refractivity contribution in [1.29, 1.82) is 0 Å². The van der Waals surface area contributed by atoms with Crippen LogP contribution in [0.4, 0.5) is 0 Å². The van der Waals surface area contributed by atoms with Gasteiger partial charge in [0.15, 0.2) is 0 Å². The number of esters is 2. The molecule has 0 aromatic heterocycles. The van der Waals surface area contributed by atoms with Gasteiger partial charge in [0.1, 0.15) is 0 Å².